The monoisotopic (exact) mass is 231 g/mol. The first kappa shape index (κ1) is 12.0. The third-order valence-electron chi connectivity index (χ3n) is 1.73. The molecule has 0 spiro atoms. The molecule has 0 amide bonds. The number of nitrogens with zero attached hydrogens (tertiary/aromatic N) is 2. The molecule has 2 N–H and O–H groups in total. The molecule has 15 heavy (non-hydrogen) atoms. The molecule has 0 aliphatic heterocycles. The zero-order valence-corrected chi connectivity index (χ0v) is 9.21. The van der Waals surface area contributed by atoms with Gasteiger partial charge in [-0.1, -0.05) is 11.8 Å². The Balaban J connectivity index is 2.65. The van der Waals surface area contributed by atoms with E-state index < -0.39 is 11.1 Å². The second-order valence-corrected chi connectivity index (χ2v) is 4.04. The number of hydrogen-bond donors (Lipinski definition) is 2. The lowest BCUT2D eigenvalue weighted by molar-refractivity contribution is 0.287. The first-order valence-electron chi connectivity index (χ1n) is 4.56. The van der Waals surface area contributed by atoms with Gasteiger partial charge in [-0.15, -0.1) is 0 Å². The van der Waals surface area contributed by atoms with E-state index in [2.05, 4.69) is 10.1 Å². The lowest BCUT2D eigenvalue weighted by Gasteiger charge is -2.04. The number of aliphatic hydroxyl groups excluding tert-OH is 1. The van der Waals surface area contributed by atoms with Crippen LogP contribution in [0, 0.1) is 0 Å². The van der Waals surface area contributed by atoms with Gasteiger partial charge in [0.2, 0.25) is 0 Å². The Kier molecular flexibility index (Phi) is 4.57. The Morgan fingerprint density at radius 3 is 2.87 bits per heavy atom. The maximum atomic E-state index is 11.0. The molecule has 0 unspecified atom stereocenters. The average molecular weight is 231 g/mol. The number of H-pyrrole nitrogens is 1. The van der Waals surface area contributed by atoms with E-state index in [0.29, 0.717) is 5.16 Å². The van der Waals surface area contributed by atoms with Gasteiger partial charge in [-0.2, -0.15) is 4.98 Å². The molecule has 7 heteroatoms. The Labute approximate surface area is 90.3 Å². The second kappa shape index (κ2) is 5.72. The summed E-state index contributed by atoms with van der Waals surface area (Å²) in [5, 5.41) is 11.4. The van der Waals surface area contributed by atoms with Gasteiger partial charge in [-0.25, -0.2) is 0 Å². The van der Waals surface area contributed by atoms with E-state index in [1.165, 1.54) is 16.4 Å². The third-order valence-corrected chi connectivity index (χ3v) is 2.85. The van der Waals surface area contributed by atoms with Crippen LogP contribution in [0.15, 0.2) is 14.7 Å². The Bertz CT molecular complexity index is 426. The van der Waals surface area contributed by atoms with Crippen molar-refractivity contribution in [2.75, 3.05) is 12.4 Å². The van der Waals surface area contributed by atoms with Gasteiger partial charge in [0, 0.05) is 19.4 Å². The van der Waals surface area contributed by atoms with Crippen LogP contribution in [-0.4, -0.2) is 32.2 Å². The lowest BCUT2D eigenvalue weighted by atomic mass is 10.4. The molecule has 0 fully saturated rings. The molecule has 1 aromatic heterocycles. The normalized spacial score (nSPS) is 10.5. The number of aromatic nitrogens is 3. The average Bonchev–Trinajstić information content (AvgIpc) is 2.20. The molecule has 84 valence electrons. The molecule has 0 aromatic carbocycles. The molecular weight excluding hydrogens is 218 g/mol. The van der Waals surface area contributed by atoms with Crippen LogP contribution in [0.5, 0.6) is 0 Å². The van der Waals surface area contributed by atoms with Crippen molar-refractivity contribution in [1.29, 1.82) is 0 Å². The molecule has 0 saturated heterocycles. The minimum absolute atomic E-state index is 0.165. The third kappa shape index (κ3) is 3.52. The molecule has 0 radical (unpaired) electrons. The number of nitrogens with one attached hydrogen (secondary N) is 1. The highest BCUT2D eigenvalue weighted by Crippen LogP contribution is 2.12. The number of aryl methyl sites for hydroxylation is 1. The van der Waals surface area contributed by atoms with Crippen LogP contribution in [-0.2, 0) is 7.05 Å². The molecule has 1 rings (SSSR count). The van der Waals surface area contributed by atoms with Gasteiger partial charge < -0.3 is 5.11 Å². The van der Waals surface area contributed by atoms with Crippen molar-refractivity contribution in [2.45, 2.75) is 18.0 Å². The number of thioether (sulfide) groups is 1. The maximum Gasteiger partial charge on any atom is 0.339 e. The van der Waals surface area contributed by atoms with Crippen molar-refractivity contribution in [3.05, 3.63) is 20.7 Å². The number of hydrogen-bond acceptors (Lipinski definition) is 5. The highest BCUT2D eigenvalue weighted by Gasteiger charge is 2.03. The van der Waals surface area contributed by atoms with E-state index in [9.17, 15) is 9.59 Å². The van der Waals surface area contributed by atoms with Gasteiger partial charge in [-0.3, -0.25) is 19.4 Å². The zero-order valence-electron chi connectivity index (χ0n) is 8.39. The van der Waals surface area contributed by atoms with E-state index in [1.54, 1.807) is 7.05 Å². The predicted molar refractivity (Wildman–Crippen MR) is 57.1 cm³/mol. The highest BCUT2D eigenvalue weighted by atomic mass is 32.2. The fourth-order valence-electron chi connectivity index (χ4n) is 0.967. The number of aromatic amines is 1. The van der Waals surface area contributed by atoms with Gasteiger partial charge in [0.15, 0.2) is 5.16 Å². The van der Waals surface area contributed by atoms with E-state index in [-0.39, 0.29) is 6.61 Å². The first-order valence-corrected chi connectivity index (χ1v) is 5.54. The summed E-state index contributed by atoms with van der Waals surface area (Å²) in [4.78, 5) is 25.5. The van der Waals surface area contributed by atoms with E-state index >= 15 is 0 Å². The fourth-order valence-corrected chi connectivity index (χ4v) is 1.88. The summed E-state index contributed by atoms with van der Waals surface area (Å²) in [5.74, 6) is 0.757. The van der Waals surface area contributed by atoms with Crippen molar-refractivity contribution in [1.82, 2.24) is 14.8 Å². The van der Waals surface area contributed by atoms with Crippen LogP contribution >= 0.6 is 11.8 Å². The van der Waals surface area contributed by atoms with E-state index in [1.807, 2.05) is 0 Å². The van der Waals surface area contributed by atoms with Crippen LogP contribution in [0.2, 0.25) is 0 Å². The summed E-state index contributed by atoms with van der Waals surface area (Å²) in [7, 11) is 1.63. The smallest absolute Gasteiger partial charge is 0.339 e. The molecule has 0 atom stereocenters. The number of unbranched alkanes of at least 4 members (excludes halogenated alkanes) is 1. The predicted octanol–water partition coefficient (Wildman–Crippen LogP) is -0.667. The van der Waals surface area contributed by atoms with Crippen molar-refractivity contribution in [2.24, 2.45) is 7.05 Å². The van der Waals surface area contributed by atoms with Crippen LogP contribution in [0.25, 0.3) is 0 Å². The van der Waals surface area contributed by atoms with Crippen molar-refractivity contribution < 1.29 is 5.11 Å². The van der Waals surface area contributed by atoms with Crippen molar-refractivity contribution in [3.8, 4) is 0 Å². The number of rotatable bonds is 5. The molecule has 0 saturated carbocycles. The summed E-state index contributed by atoms with van der Waals surface area (Å²) in [6, 6.07) is 0. The summed E-state index contributed by atoms with van der Waals surface area (Å²) in [6.45, 7) is 0.165. The van der Waals surface area contributed by atoms with Crippen LogP contribution in [0.3, 0.4) is 0 Å². The van der Waals surface area contributed by atoms with E-state index in [0.717, 1.165) is 18.6 Å². The Morgan fingerprint density at radius 1 is 1.47 bits per heavy atom. The molecule has 1 aromatic rings. The standard InChI is InChI=1S/C8H13N3O3S/c1-11-8(15-5-3-2-4-12)9-6(13)7(14)10-11/h12H,2-5H2,1H3,(H,10,14). The molecule has 0 aliphatic rings. The molecule has 6 nitrogen and oxygen atoms in total. The summed E-state index contributed by atoms with van der Waals surface area (Å²) in [6.07, 6.45) is 1.57. The highest BCUT2D eigenvalue weighted by molar-refractivity contribution is 7.99. The van der Waals surface area contributed by atoms with Gasteiger partial charge >= 0.3 is 11.1 Å². The quantitative estimate of drug-likeness (QED) is 0.399. The lowest BCUT2D eigenvalue weighted by Crippen LogP contribution is -2.33. The Hall–Kier alpha value is -1.08. The van der Waals surface area contributed by atoms with Crippen LogP contribution in [0.4, 0.5) is 0 Å². The fraction of sp³-hybridized carbons (Fsp3) is 0.625. The SMILES string of the molecule is Cn1[nH]c(=O)c(=O)nc1SCCCCO. The van der Waals surface area contributed by atoms with Crippen molar-refractivity contribution in [3.63, 3.8) is 0 Å². The summed E-state index contributed by atoms with van der Waals surface area (Å²) >= 11 is 1.38. The van der Waals surface area contributed by atoms with E-state index in [4.69, 9.17) is 5.11 Å². The van der Waals surface area contributed by atoms with Gasteiger partial charge in [0.1, 0.15) is 0 Å². The summed E-state index contributed by atoms with van der Waals surface area (Å²) < 4.78 is 1.42. The summed E-state index contributed by atoms with van der Waals surface area (Å²) in [5.41, 5.74) is -1.48. The van der Waals surface area contributed by atoms with Crippen LogP contribution < -0.4 is 11.1 Å². The molecule has 1 heterocycles. The minimum atomic E-state index is -0.766. The molecule has 0 aliphatic carbocycles. The minimum Gasteiger partial charge on any atom is -0.396 e. The number of aliphatic hydroxyl groups is 1. The largest absolute Gasteiger partial charge is 0.396 e. The zero-order chi connectivity index (χ0) is 11.3. The van der Waals surface area contributed by atoms with Crippen LogP contribution in [0.1, 0.15) is 12.8 Å². The molecular formula is C8H13N3O3S. The van der Waals surface area contributed by atoms with Crippen molar-refractivity contribution >= 4 is 11.8 Å². The van der Waals surface area contributed by atoms with Gasteiger partial charge in [0.05, 0.1) is 0 Å². The first-order chi connectivity index (χ1) is 7.15. The topological polar surface area (TPSA) is 88.0 Å². The Morgan fingerprint density at radius 2 is 2.20 bits per heavy atom. The maximum absolute atomic E-state index is 11.0. The molecule has 0 bridgehead atoms. The van der Waals surface area contributed by atoms with Gasteiger partial charge in [0.25, 0.3) is 0 Å². The van der Waals surface area contributed by atoms with Gasteiger partial charge in [-0.05, 0) is 12.8 Å². The second-order valence-electron chi connectivity index (χ2n) is 2.98.